The van der Waals surface area contributed by atoms with E-state index in [1.807, 2.05) is 25.8 Å². The average molecular weight is 255 g/mol. The number of hydrogen-bond acceptors (Lipinski definition) is 3. The molecule has 0 atom stereocenters. The summed E-state index contributed by atoms with van der Waals surface area (Å²) in [5.74, 6) is -0.227. The van der Waals surface area contributed by atoms with Crippen LogP contribution in [0.3, 0.4) is 0 Å². The standard InChI is InChI=1S/C14H22FNO2/c1-11-6-13(15)5-4-12(11)7-16(3)8-14(2,9-17)10-18/h4-6,17-18H,7-10H2,1-3H3. The fourth-order valence-electron chi connectivity index (χ4n) is 1.99. The van der Waals surface area contributed by atoms with Crippen molar-refractivity contribution in [2.45, 2.75) is 20.4 Å². The number of rotatable bonds is 6. The van der Waals surface area contributed by atoms with Crippen molar-refractivity contribution in [3.8, 4) is 0 Å². The molecule has 0 fully saturated rings. The Labute approximate surface area is 108 Å². The third kappa shape index (κ3) is 4.05. The van der Waals surface area contributed by atoms with Crippen LogP contribution in [0, 0.1) is 18.2 Å². The Kier molecular flexibility index (Phi) is 5.26. The molecular formula is C14H22FNO2. The molecule has 18 heavy (non-hydrogen) atoms. The molecular weight excluding hydrogens is 233 g/mol. The van der Waals surface area contributed by atoms with Gasteiger partial charge >= 0.3 is 0 Å². The molecule has 0 unspecified atom stereocenters. The van der Waals surface area contributed by atoms with Crippen LogP contribution in [-0.2, 0) is 6.54 Å². The van der Waals surface area contributed by atoms with E-state index in [2.05, 4.69) is 0 Å². The van der Waals surface area contributed by atoms with Crippen LogP contribution >= 0.6 is 0 Å². The summed E-state index contributed by atoms with van der Waals surface area (Å²) in [5.41, 5.74) is 1.46. The normalized spacial score (nSPS) is 12.2. The maximum atomic E-state index is 13.0. The third-order valence-electron chi connectivity index (χ3n) is 3.16. The van der Waals surface area contributed by atoms with Gasteiger partial charge in [-0.15, -0.1) is 0 Å². The zero-order valence-electron chi connectivity index (χ0n) is 11.3. The summed E-state index contributed by atoms with van der Waals surface area (Å²) in [4.78, 5) is 2.02. The van der Waals surface area contributed by atoms with E-state index >= 15 is 0 Å². The Bertz CT molecular complexity index is 391. The second kappa shape index (κ2) is 6.27. The molecule has 1 aromatic rings. The quantitative estimate of drug-likeness (QED) is 0.810. The van der Waals surface area contributed by atoms with Gasteiger partial charge in [0, 0.05) is 18.5 Å². The summed E-state index contributed by atoms with van der Waals surface area (Å²) in [6.07, 6.45) is 0. The summed E-state index contributed by atoms with van der Waals surface area (Å²) in [6, 6.07) is 4.74. The summed E-state index contributed by atoms with van der Waals surface area (Å²) < 4.78 is 13.0. The first-order valence-corrected chi connectivity index (χ1v) is 6.05. The molecule has 0 bridgehead atoms. The lowest BCUT2D eigenvalue weighted by molar-refractivity contribution is 0.0401. The van der Waals surface area contributed by atoms with Gasteiger partial charge in [0.15, 0.2) is 0 Å². The molecule has 0 aliphatic heterocycles. The summed E-state index contributed by atoms with van der Waals surface area (Å²) in [5, 5.41) is 18.5. The van der Waals surface area contributed by atoms with Gasteiger partial charge in [0.25, 0.3) is 0 Å². The molecule has 0 aliphatic carbocycles. The molecule has 2 N–H and O–H groups in total. The fraction of sp³-hybridized carbons (Fsp3) is 0.571. The van der Waals surface area contributed by atoms with Crippen molar-refractivity contribution < 1.29 is 14.6 Å². The van der Waals surface area contributed by atoms with Gasteiger partial charge in [-0.3, -0.25) is 0 Å². The topological polar surface area (TPSA) is 43.7 Å². The van der Waals surface area contributed by atoms with E-state index in [4.69, 9.17) is 0 Å². The molecule has 0 radical (unpaired) electrons. The van der Waals surface area contributed by atoms with Gasteiger partial charge in [-0.1, -0.05) is 13.0 Å². The van der Waals surface area contributed by atoms with Crippen molar-refractivity contribution in [1.29, 1.82) is 0 Å². The summed E-state index contributed by atoms with van der Waals surface area (Å²) in [7, 11) is 1.92. The van der Waals surface area contributed by atoms with Gasteiger partial charge in [-0.25, -0.2) is 4.39 Å². The van der Waals surface area contributed by atoms with Crippen molar-refractivity contribution in [2.75, 3.05) is 26.8 Å². The highest BCUT2D eigenvalue weighted by molar-refractivity contribution is 5.26. The van der Waals surface area contributed by atoms with Gasteiger partial charge in [0.2, 0.25) is 0 Å². The highest BCUT2D eigenvalue weighted by Gasteiger charge is 2.24. The first-order chi connectivity index (χ1) is 8.40. The van der Waals surface area contributed by atoms with E-state index in [1.54, 1.807) is 6.07 Å². The Morgan fingerprint density at radius 1 is 1.28 bits per heavy atom. The van der Waals surface area contributed by atoms with E-state index in [0.717, 1.165) is 11.1 Å². The third-order valence-corrected chi connectivity index (χ3v) is 3.16. The maximum absolute atomic E-state index is 13.0. The van der Waals surface area contributed by atoms with Crippen LogP contribution in [0.4, 0.5) is 4.39 Å². The predicted molar refractivity (Wildman–Crippen MR) is 69.7 cm³/mol. The van der Waals surface area contributed by atoms with E-state index < -0.39 is 5.41 Å². The monoisotopic (exact) mass is 255 g/mol. The van der Waals surface area contributed by atoms with Crippen LogP contribution in [0.25, 0.3) is 0 Å². The summed E-state index contributed by atoms with van der Waals surface area (Å²) >= 11 is 0. The Hall–Kier alpha value is -0.970. The molecule has 0 saturated carbocycles. The van der Waals surface area contributed by atoms with Crippen molar-refractivity contribution >= 4 is 0 Å². The van der Waals surface area contributed by atoms with Crippen LogP contribution in [0.1, 0.15) is 18.1 Å². The van der Waals surface area contributed by atoms with Crippen LogP contribution in [0.15, 0.2) is 18.2 Å². The van der Waals surface area contributed by atoms with Crippen LogP contribution in [0.5, 0.6) is 0 Å². The van der Waals surface area contributed by atoms with Crippen LogP contribution in [0.2, 0.25) is 0 Å². The molecule has 0 spiro atoms. The van der Waals surface area contributed by atoms with Crippen molar-refractivity contribution in [2.24, 2.45) is 5.41 Å². The molecule has 4 heteroatoms. The molecule has 0 saturated heterocycles. The molecule has 0 aromatic heterocycles. The fourth-order valence-corrected chi connectivity index (χ4v) is 1.99. The van der Waals surface area contributed by atoms with Gasteiger partial charge in [-0.2, -0.15) is 0 Å². The lowest BCUT2D eigenvalue weighted by Gasteiger charge is -2.30. The van der Waals surface area contributed by atoms with Gasteiger partial charge in [-0.05, 0) is 37.2 Å². The number of hydrogen-bond donors (Lipinski definition) is 2. The largest absolute Gasteiger partial charge is 0.396 e. The molecule has 1 aromatic carbocycles. The van der Waals surface area contributed by atoms with Gasteiger partial charge in [0.1, 0.15) is 5.82 Å². The Morgan fingerprint density at radius 3 is 2.39 bits per heavy atom. The van der Waals surface area contributed by atoms with E-state index in [9.17, 15) is 14.6 Å². The SMILES string of the molecule is Cc1cc(F)ccc1CN(C)CC(C)(CO)CO. The number of halogens is 1. The van der Waals surface area contributed by atoms with Gasteiger partial charge < -0.3 is 15.1 Å². The minimum absolute atomic E-state index is 0.0593. The number of aliphatic hydroxyl groups excluding tert-OH is 2. The van der Waals surface area contributed by atoms with Crippen LogP contribution in [-0.4, -0.2) is 41.9 Å². The van der Waals surface area contributed by atoms with Crippen molar-refractivity contribution in [3.63, 3.8) is 0 Å². The minimum atomic E-state index is -0.511. The Morgan fingerprint density at radius 2 is 1.89 bits per heavy atom. The Balaban J connectivity index is 2.67. The zero-order valence-corrected chi connectivity index (χ0v) is 11.3. The van der Waals surface area contributed by atoms with E-state index in [-0.39, 0.29) is 19.0 Å². The lowest BCUT2D eigenvalue weighted by atomic mass is 9.92. The lowest BCUT2D eigenvalue weighted by Crippen LogP contribution is -2.38. The first-order valence-electron chi connectivity index (χ1n) is 6.05. The van der Waals surface area contributed by atoms with Crippen molar-refractivity contribution in [3.05, 3.63) is 35.1 Å². The smallest absolute Gasteiger partial charge is 0.123 e. The average Bonchev–Trinajstić information content (AvgIpc) is 2.32. The van der Waals surface area contributed by atoms with Crippen molar-refractivity contribution in [1.82, 2.24) is 4.90 Å². The second-order valence-corrected chi connectivity index (χ2v) is 5.37. The first kappa shape index (κ1) is 15.1. The predicted octanol–water partition coefficient (Wildman–Crippen LogP) is 1.56. The molecule has 0 amide bonds. The number of aryl methyl sites for hydroxylation is 1. The molecule has 3 nitrogen and oxygen atoms in total. The molecule has 0 heterocycles. The summed E-state index contributed by atoms with van der Waals surface area (Å²) in [6.45, 7) is 4.84. The van der Waals surface area contributed by atoms with E-state index in [1.165, 1.54) is 12.1 Å². The molecule has 1 rings (SSSR count). The second-order valence-electron chi connectivity index (χ2n) is 5.37. The highest BCUT2D eigenvalue weighted by Crippen LogP contribution is 2.18. The number of benzene rings is 1. The number of nitrogens with zero attached hydrogens (tertiary/aromatic N) is 1. The highest BCUT2D eigenvalue weighted by atomic mass is 19.1. The zero-order chi connectivity index (χ0) is 13.8. The van der Waals surface area contributed by atoms with E-state index in [0.29, 0.717) is 13.1 Å². The molecule has 0 aliphatic rings. The maximum Gasteiger partial charge on any atom is 0.123 e. The molecule has 102 valence electrons. The minimum Gasteiger partial charge on any atom is -0.396 e. The van der Waals surface area contributed by atoms with Gasteiger partial charge in [0.05, 0.1) is 13.2 Å². The van der Waals surface area contributed by atoms with Crippen LogP contribution < -0.4 is 0 Å². The number of aliphatic hydroxyl groups is 2.